The molecule has 0 atom stereocenters. The number of benzene rings is 1. The highest BCUT2D eigenvalue weighted by atomic mass is 16.6. The van der Waals surface area contributed by atoms with Gasteiger partial charge in [-0.25, -0.2) is 0 Å². The molecule has 1 saturated heterocycles. The van der Waals surface area contributed by atoms with Gasteiger partial charge in [0.05, 0.1) is 0 Å². The SMILES string of the molecule is CC1(C)COB(c2ccc(CNCCCNCCCCN)cc2)OC1. The number of nitrogens with two attached hydrogens (primary N) is 1. The molecule has 1 aliphatic rings. The van der Waals surface area contributed by atoms with E-state index in [4.69, 9.17) is 15.0 Å². The normalized spacial score (nSPS) is 17.0. The first kappa shape index (κ1) is 20.4. The highest BCUT2D eigenvalue weighted by molar-refractivity contribution is 6.61. The van der Waals surface area contributed by atoms with E-state index in [9.17, 15) is 0 Å². The average molecular weight is 347 g/mol. The summed E-state index contributed by atoms with van der Waals surface area (Å²) in [7, 11) is -0.222. The van der Waals surface area contributed by atoms with E-state index in [1.807, 2.05) is 0 Å². The molecule has 0 unspecified atom stereocenters. The minimum atomic E-state index is -0.222. The third-order valence-corrected chi connectivity index (χ3v) is 4.35. The van der Waals surface area contributed by atoms with Gasteiger partial charge in [0.2, 0.25) is 0 Å². The first-order chi connectivity index (χ1) is 12.1. The second-order valence-corrected chi connectivity index (χ2v) is 7.64. The van der Waals surface area contributed by atoms with Crippen molar-refractivity contribution < 1.29 is 9.31 Å². The Kier molecular flexibility index (Phi) is 8.92. The summed E-state index contributed by atoms with van der Waals surface area (Å²) in [5.74, 6) is 0. The Labute approximate surface area is 153 Å². The van der Waals surface area contributed by atoms with Crippen LogP contribution in [0.15, 0.2) is 24.3 Å². The Morgan fingerprint density at radius 2 is 1.60 bits per heavy atom. The summed E-state index contributed by atoms with van der Waals surface area (Å²) < 4.78 is 11.7. The smallest absolute Gasteiger partial charge is 0.407 e. The molecule has 0 spiro atoms. The van der Waals surface area contributed by atoms with Crippen molar-refractivity contribution in [2.45, 2.75) is 39.7 Å². The quantitative estimate of drug-likeness (QED) is 0.415. The van der Waals surface area contributed by atoms with Crippen molar-refractivity contribution in [2.75, 3.05) is 39.4 Å². The van der Waals surface area contributed by atoms with Crippen LogP contribution in [-0.2, 0) is 15.9 Å². The van der Waals surface area contributed by atoms with Crippen molar-refractivity contribution in [3.05, 3.63) is 29.8 Å². The molecule has 0 aliphatic carbocycles. The van der Waals surface area contributed by atoms with Gasteiger partial charge in [-0.15, -0.1) is 0 Å². The van der Waals surface area contributed by atoms with E-state index in [-0.39, 0.29) is 12.5 Å². The maximum absolute atomic E-state index is 5.83. The predicted octanol–water partition coefficient (Wildman–Crippen LogP) is 1.26. The molecule has 1 aliphatic heterocycles. The third kappa shape index (κ3) is 7.88. The molecule has 6 heteroatoms. The molecule has 140 valence electrons. The number of unbranched alkanes of at least 4 members (excludes halogenated alkanes) is 1. The van der Waals surface area contributed by atoms with E-state index in [1.54, 1.807) is 0 Å². The summed E-state index contributed by atoms with van der Waals surface area (Å²) >= 11 is 0. The van der Waals surface area contributed by atoms with Gasteiger partial charge in [-0.2, -0.15) is 0 Å². The van der Waals surface area contributed by atoms with Crippen LogP contribution < -0.4 is 21.8 Å². The monoisotopic (exact) mass is 347 g/mol. The molecule has 0 aromatic heterocycles. The first-order valence-corrected chi connectivity index (χ1v) is 9.54. The molecule has 4 N–H and O–H groups in total. The Hall–Kier alpha value is -0.915. The van der Waals surface area contributed by atoms with Crippen LogP contribution in [0.5, 0.6) is 0 Å². The van der Waals surface area contributed by atoms with Crippen LogP contribution in [0.2, 0.25) is 0 Å². The van der Waals surface area contributed by atoms with Crippen LogP contribution in [0.3, 0.4) is 0 Å². The minimum absolute atomic E-state index is 0.111. The number of hydrogen-bond acceptors (Lipinski definition) is 5. The lowest BCUT2D eigenvalue weighted by Gasteiger charge is -2.33. The third-order valence-electron chi connectivity index (χ3n) is 4.35. The summed E-state index contributed by atoms with van der Waals surface area (Å²) in [6.07, 6.45) is 3.42. The van der Waals surface area contributed by atoms with Crippen molar-refractivity contribution in [3.8, 4) is 0 Å². The fourth-order valence-electron chi connectivity index (χ4n) is 2.77. The molecule has 0 bridgehead atoms. The maximum atomic E-state index is 5.83. The van der Waals surface area contributed by atoms with E-state index >= 15 is 0 Å². The number of hydrogen-bond donors (Lipinski definition) is 3. The van der Waals surface area contributed by atoms with Crippen LogP contribution in [-0.4, -0.2) is 46.5 Å². The lowest BCUT2D eigenvalue weighted by atomic mass is 9.76. The predicted molar refractivity (Wildman–Crippen MR) is 105 cm³/mol. The molecule has 0 amide bonds. The fraction of sp³-hybridized carbons (Fsp3) is 0.684. The second-order valence-electron chi connectivity index (χ2n) is 7.64. The Bertz CT molecular complexity index is 472. The van der Waals surface area contributed by atoms with Gasteiger partial charge < -0.3 is 25.7 Å². The molecule has 5 nitrogen and oxygen atoms in total. The van der Waals surface area contributed by atoms with E-state index in [1.165, 1.54) is 12.0 Å². The highest BCUT2D eigenvalue weighted by Crippen LogP contribution is 2.21. The van der Waals surface area contributed by atoms with Crippen molar-refractivity contribution in [1.82, 2.24) is 10.6 Å². The zero-order chi connectivity index (χ0) is 18.0. The Morgan fingerprint density at radius 3 is 2.28 bits per heavy atom. The Balaban J connectivity index is 1.58. The molecule has 1 fully saturated rings. The second kappa shape index (κ2) is 10.9. The van der Waals surface area contributed by atoms with Crippen molar-refractivity contribution in [2.24, 2.45) is 11.1 Å². The van der Waals surface area contributed by atoms with Gasteiger partial charge in [-0.1, -0.05) is 38.1 Å². The van der Waals surface area contributed by atoms with Gasteiger partial charge in [-0.3, -0.25) is 0 Å². The molecular formula is C19H34BN3O2. The summed E-state index contributed by atoms with van der Waals surface area (Å²) in [5, 5.41) is 6.94. The Morgan fingerprint density at radius 1 is 0.960 bits per heavy atom. The van der Waals surface area contributed by atoms with Crippen molar-refractivity contribution in [3.63, 3.8) is 0 Å². The minimum Gasteiger partial charge on any atom is -0.407 e. The topological polar surface area (TPSA) is 68.5 Å². The maximum Gasteiger partial charge on any atom is 0.493 e. The van der Waals surface area contributed by atoms with Gasteiger partial charge in [0.25, 0.3) is 0 Å². The number of nitrogens with one attached hydrogen (secondary N) is 2. The van der Waals surface area contributed by atoms with Crippen LogP contribution in [0.1, 0.15) is 38.7 Å². The zero-order valence-corrected chi connectivity index (χ0v) is 15.9. The average Bonchev–Trinajstić information content (AvgIpc) is 2.61. The van der Waals surface area contributed by atoms with Gasteiger partial charge in [0.1, 0.15) is 0 Å². The molecule has 1 aromatic carbocycles. The molecule has 0 saturated carbocycles. The summed E-state index contributed by atoms with van der Waals surface area (Å²) in [5.41, 5.74) is 7.97. The summed E-state index contributed by atoms with van der Waals surface area (Å²) in [6.45, 7) is 10.6. The van der Waals surface area contributed by atoms with E-state index in [2.05, 4.69) is 48.7 Å². The van der Waals surface area contributed by atoms with Crippen molar-refractivity contribution >= 4 is 12.6 Å². The van der Waals surface area contributed by atoms with Gasteiger partial charge >= 0.3 is 7.12 Å². The van der Waals surface area contributed by atoms with Gasteiger partial charge in [-0.05, 0) is 56.5 Å². The van der Waals surface area contributed by atoms with Crippen LogP contribution in [0, 0.1) is 5.41 Å². The summed E-state index contributed by atoms with van der Waals surface area (Å²) in [6, 6.07) is 8.53. The van der Waals surface area contributed by atoms with E-state index in [0.717, 1.165) is 64.2 Å². The van der Waals surface area contributed by atoms with Crippen LogP contribution >= 0.6 is 0 Å². The molecule has 1 heterocycles. The lowest BCUT2D eigenvalue weighted by molar-refractivity contribution is 0.0343. The number of rotatable bonds is 11. The largest absolute Gasteiger partial charge is 0.493 e. The lowest BCUT2D eigenvalue weighted by Crippen LogP contribution is -2.47. The van der Waals surface area contributed by atoms with Crippen molar-refractivity contribution in [1.29, 1.82) is 0 Å². The molecule has 2 rings (SSSR count). The zero-order valence-electron chi connectivity index (χ0n) is 15.9. The first-order valence-electron chi connectivity index (χ1n) is 9.54. The van der Waals surface area contributed by atoms with Crippen LogP contribution in [0.25, 0.3) is 0 Å². The molecule has 0 radical (unpaired) electrons. The fourth-order valence-corrected chi connectivity index (χ4v) is 2.77. The van der Waals surface area contributed by atoms with Gasteiger partial charge in [0.15, 0.2) is 0 Å². The van der Waals surface area contributed by atoms with E-state index in [0.29, 0.717) is 0 Å². The van der Waals surface area contributed by atoms with Gasteiger partial charge in [0, 0.05) is 25.2 Å². The highest BCUT2D eigenvalue weighted by Gasteiger charge is 2.33. The molecule has 1 aromatic rings. The standard InChI is InChI=1S/C19H34BN3O2/c1-19(2)15-24-20(25-16-19)18-8-6-17(7-9-18)14-23-13-5-12-22-11-4-3-10-21/h6-9,22-23H,3-5,10-16,21H2,1-2H3. The molecule has 25 heavy (non-hydrogen) atoms. The van der Waals surface area contributed by atoms with Crippen LogP contribution in [0.4, 0.5) is 0 Å². The van der Waals surface area contributed by atoms with E-state index < -0.39 is 0 Å². The molecular weight excluding hydrogens is 313 g/mol. The summed E-state index contributed by atoms with van der Waals surface area (Å²) in [4.78, 5) is 0.